The summed E-state index contributed by atoms with van der Waals surface area (Å²) in [5.41, 5.74) is 1.79. The summed E-state index contributed by atoms with van der Waals surface area (Å²) in [4.78, 5) is 28.5. The first kappa shape index (κ1) is 26.7. The van der Waals surface area contributed by atoms with Gasteiger partial charge in [-0.2, -0.15) is 0 Å². The van der Waals surface area contributed by atoms with Gasteiger partial charge in [-0.3, -0.25) is 9.59 Å². The maximum Gasteiger partial charge on any atom is 0.243 e. The summed E-state index contributed by atoms with van der Waals surface area (Å²) in [6.45, 7) is 2.70. The number of nitrogens with zero attached hydrogens (tertiary/aromatic N) is 1. The molecule has 184 valence electrons. The average molecular weight is 515 g/mol. The van der Waals surface area contributed by atoms with E-state index in [-0.39, 0.29) is 29.5 Å². The lowest BCUT2D eigenvalue weighted by atomic mass is 10.0. The standard InChI is InChI=1S/C28H29Cl2FN2O2/c1-2-3-15-32-28(35)26(17-20-9-5-4-6-10-20)33(19-21-11-7-12-22(29)16-21)27(34)18-23-24(30)13-8-14-25(23)31/h4-14,16,26H,2-3,15,17-19H2,1H3,(H,32,35)/t26-/m0/s1. The Kier molecular flexibility index (Phi) is 10.1. The van der Waals surface area contributed by atoms with Crippen LogP contribution in [0.4, 0.5) is 4.39 Å². The average Bonchev–Trinajstić information content (AvgIpc) is 2.84. The minimum Gasteiger partial charge on any atom is -0.354 e. The highest BCUT2D eigenvalue weighted by atomic mass is 35.5. The van der Waals surface area contributed by atoms with Gasteiger partial charge in [0.15, 0.2) is 0 Å². The first-order valence-corrected chi connectivity index (χ1v) is 12.4. The molecule has 0 aliphatic heterocycles. The minimum atomic E-state index is -0.800. The van der Waals surface area contributed by atoms with Crippen LogP contribution in [0.15, 0.2) is 72.8 Å². The molecule has 1 atom stereocenters. The first-order chi connectivity index (χ1) is 16.9. The molecule has 4 nitrogen and oxygen atoms in total. The first-order valence-electron chi connectivity index (χ1n) is 11.7. The van der Waals surface area contributed by atoms with Crippen molar-refractivity contribution in [3.05, 3.63) is 105 Å². The number of halogens is 3. The number of hydrogen-bond acceptors (Lipinski definition) is 2. The summed E-state index contributed by atoms with van der Waals surface area (Å²) in [6.07, 6.45) is 1.81. The van der Waals surface area contributed by atoms with Crippen LogP contribution in [0.3, 0.4) is 0 Å². The molecule has 0 spiro atoms. The Labute approximate surface area is 216 Å². The van der Waals surface area contributed by atoms with Gasteiger partial charge in [0.1, 0.15) is 11.9 Å². The van der Waals surface area contributed by atoms with Gasteiger partial charge in [0.05, 0.1) is 6.42 Å². The molecule has 3 rings (SSSR count). The van der Waals surface area contributed by atoms with E-state index in [2.05, 4.69) is 5.32 Å². The fourth-order valence-corrected chi connectivity index (χ4v) is 4.29. The summed E-state index contributed by atoms with van der Waals surface area (Å²) in [5, 5.41) is 3.67. The fourth-order valence-electron chi connectivity index (χ4n) is 3.85. The van der Waals surface area contributed by atoms with Crippen molar-refractivity contribution in [1.82, 2.24) is 10.2 Å². The summed E-state index contributed by atoms with van der Waals surface area (Å²) in [6, 6.07) is 20.2. The van der Waals surface area contributed by atoms with Gasteiger partial charge >= 0.3 is 0 Å². The van der Waals surface area contributed by atoms with E-state index in [1.165, 1.54) is 17.0 Å². The monoisotopic (exact) mass is 514 g/mol. The van der Waals surface area contributed by atoms with E-state index in [1.54, 1.807) is 24.3 Å². The number of benzene rings is 3. The van der Waals surface area contributed by atoms with Crippen molar-refractivity contribution in [3.8, 4) is 0 Å². The molecule has 2 amide bonds. The normalized spacial score (nSPS) is 11.7. The van der Waals surface area contributed by atoms with Crippen LogP contribution in [-0.4, -0.2) is 29.3 Å². The predicted molar refractivity (Wildman–Crippen MR) is 139 cm³/mol. The lowest BCUT2D eigenvalue weighted by molar-refractivity contribution is -0.140. The van der Waals surface area contributed by atoms with Crippen molar-refractivity contribution in [2.75, 3.05) is 6.54 Å². The topological polar surface area (TPSA) is 49.4 Å². The van der Waals surface area contributed by atoms with E-state index in [4.69, 9.17) is 23.2 Å². The molecule has 0 saturated carbocycles. The Balaban J connectivity index is 1.98. The van der Waals surface area contributed by atoms with E-state index in [9.17, 15) is 14.0 Å². The van der Waals surface area contributed by atoms with Crippen LogP contribution in [-0.2, 0) is 29.0 Å². The van der Waals surface area contributed by atoms with Crippen LogP contribution in [0.5, 0.6) is 0 Å². The summed E-state index contributed by atoms with van der Waals surface area (Å²) in [7, 11) is 0. The smallest absolute Gasteiger partial charge is 0.243 e. The molecule has 0 radical (unpaired) electrons. The second kappa shape index (κ2) is 13.3. The van der Waals surface area contributed by atoms with E-state index in [0.29, 0.717) is 18.0 Å². The van der Waals surface area contributed by atoms with Crippen molar-refractivity contribution in [2.24, 2.45) is 0 Å². The van der Waals surface area contributed by atoms with Crippen molar-refractivity contribution in [2.45, 2.75) is 45.2 Å². The second-order valence-corrected chi connectivity index (χ2v) is 9.22. The molecule has 0 aliphatic carbocycles. The molecule has 0 fully saturated rings. The summed E-state index contributed by atoms with van der Waals surface area (Å²) >= 11 is 12.4. The van der Waals surface area contributed by atoms with Gasteiger partial charge < -0.3 is 10.2 Å². The Bertz CT molecular complexity index is 1120. The molecule has 7 heteroatoms. The maximum atomic E-state index is 14.5. The highest BCUT2D eigenvalue weighted by molar-refractivity contribution is 6.31. The van der Waals surface area contributed by atoms with Crippen LogP contribution < -0.4 is 5.32 Å². The number of carbonyl (C=O) groups excluding carboxylic acids is 2. The molecule has 0 bridgehead atoms. The molecule has 1 N–H and O–H groups in total. The molecular weight excluding hydrogens is 486 g/mol. The highest BCUT2D eigenvalue weighted by Crippen LogP contribution is 2.23. The number of amides is 2. The number of carbonyl (C=O) groups is 2. The molecule has 0 unspecified atom stereocenters. The largest absolute Gasteiger partial charge is 0.354 e. The molecule has 3 aromatic rings. The molecule has 0 heterocycles. The van der Waals surface area contributed by atoms with Crippen molar-refractivity contribution < 1.29 is 14.0 Å². The van der Waals surface area contributed by atoms with E-state index < -0.39 is 17.8 Å². The third-order valence-electron chi connectivity index (χ3n) is 5.73. The highest BCUT2D eigenvalue weighted by Gasteiger charge is 2.31. The lowest BCUT2D eigenvalue weighted by Crippen LogP contribution is -2.51. The van der Waals surface area contributed by atoms with Crippen LogP contribution in [0.25, 0.3) is 0 Å². The van der Waals surface area contributed by atoms with Crippen molar-refractivity contribution in [1.29, 1.82) is 0 Å². The number of rotatable bonds is 11. The molecule has 3 aromatic carbocycles. The van der Waals surface area contributed by atoms with Gasteiger partial charge in [0.2, 0.25) is 11.8 Å². The van der Waals surface area contributed by atoms with Crippen LogP contribution in [0, 0.1) is 5.82 Å². The van der Waals surface area contributed by atoms with Gasteiger partial charge in [-0.1, -0.05) is 85.1 Å². The zero-order chi connectivity index (χ0) is 25.2. The Morgan fingerprint density at radius 1 is 0.971 bits per heavy atom. The van der Waals surface area contributed by atoms with Crippen molar-refractivity contribution in [3.63, 3.8) is 0 Å². The molecule has 35 heavy (non-hydrogen) atoms. The van der Waals surface area contributed by atoms with E-state index in [0.717, 1.165) is 24.0 Å². The Morgan fingerprint density at radius 2 is 1.69 bits per heavy atom. The van der Waals surface area contributed by atoms with Crippen LogP contribution >= 0.6 is 23.2 Å². The van der Waals surface area contributed by atoms with E-state index >= 15 is 0 Å². The molecule has 0 aliphatic rings. The van der Waals surface area contributed by atoms with Crippen LogP contribution in [0.1, 0.15) is 36.5 Å². The quantitative estimate of drug-likeness (QED) is 0.308. The van der Waals surface area contributed by atoms with Gasteiger partial charge in [-0.05, 0) is 41.8 Å². The number of unbranched alkanes of at least 4 members (excludes halogenated alkanes) is 1. The van der Waals surface area contributed by atoms with Gasteiger partial charge in [0, 0.05) is 35.1 Å². The van der Waals surface area contributed by atoms with Gasteiger partial charge in [-0.25, -0.2) is 4.39 Å². The summed E-state index contributed by atoms with van der Waals surface area (Å²) in [5.74, 6) is -1.21. The fraction of sp³-hybridized carbons (Fsp3) is 0.286. The zero-order valence-electron chi connectivity index (χ0n) is 19.6. The third kappa shape index (κ3) is 7.81. The van der Waals surface area contributed by atoms with E-state index in [1.807, 2.05) is 43.3 Å². The van der Waals surface area contributed by atoms with Gasteiger partial charge in [-0.15, -0.1) is 0 Å². The Hall–Kier alpha value is -2.89. The van der Waals surface area contributed by atoms with Crippen molar-refractivity contribution >= 4 is 35.0 Å². The lowest BCUT2D eigenvalue weighted by Gasteiger charge is -2.32. The molecular formula is C28H29Cl2FN2O2. The third-order valence-corrected chi connectivity index (χ3v) is 6.32. The van der Waals surface area contributed by atoms with Gasteiger partial charge in [0.25, 0.3) is 0 Å². The predicted octanol–water partition coefficient (Wildman–Crippen LogP) is 6.23. The summed E-state index contributed by atoms with van der Waals surface area (Å²) < 4.78 is 14.5. The number of nitrogens with one attached hydrogen (secondary N) is 1. The Morgan fingerprint density at radius 3 is 2.37 bits per heavy atom. The minimum absolute atomic E-state index is 0.111. The zero-order valence-corrected chi connectivity index (χ0v) is 21.2. The molecule has 0 saturated heterocycles. The van der Waals surface area contributed by atoms with Crippen LogP contribution in [0.2, 0.25) is 10.0 Å². The second-order valence-electron chi connectivity index (χ2n) is 8.38. The number of hydrogen-bond donors (Lipinski definition) is 1. The SMILES string of the molecule is CCCCNC(=O)[C@H](Cc1ccccc1)N(Cc1cccc(Cl)c1)C(=O)Cc1c(F)cccc1Cl. The molecule has 0 aromatic heterocycles. The maximum absolute atomic E-state index is 14.5.